The van der Waals surface area contributed by atoms with Crippen molar-refractivity contribution in [2.75, 3.05) is 6.54 Å². The van der Waals surface area contributed by atoms with Gasteiger partial charge in [0.1, 0.15) is 6.04 Å². The van der Waals surface area contributed by atoms with Gasteiger partial charge in [-0.05, 0) is 18.8 Å². The van der Waals surface area contributed by atoms with Crippen molar-refractivity contribution in [3.05, 3.63) is 0 Å². The van der Waals surface area contributed by atoms with Gasteiger partial charge in [0.15, 0.2) is 0 Å². The fourth-order valence-electron chi connectivity index (χ4n) is 2.85. The van der Waals surface area contributed by atoms with Crippen LogP contribution in [0, 0.1) is 5.92 Å². The molecule has 1 unspecified atom stereocenters. The van der Waals surface area contributed by atoms with Gasteiger partial charge in [0.25, 0.3) is 0 Å². The van der Waals surface area contributed by atoms with Crippen LogP contribution in [0.2, 0.25) is 0 Å². The minimum atomic E-state index is -0.328. The Labute approximate surface area is 103 Å². The monoisotopic (exact) mass is 238 g/mol. The molecule has 1 saturated carbocycles. The number of rotatable bonds is 2. The molecule has 1 saturated heterocycles. The molecule has 2 aliphatic rings. The van der Waals surface area contributed by atoms with Crippen molar-refractivity contribution in [3.8, 4) is 0 Å². The maximum atomic E-state index is 12.4. The van der Waals surface area contributed by atoms with E-state index in [1.807, 2.05) is 18.7 Å². The number of carbonyl (C=O) groups is 2. The van der Waals surface area contributed by atoms with Crippen molar-refractivity contribution in [1.82, 2.24) is 10.2 Å². The lowest BCUT2D eigenvalue weighted by molar-refractivity contribution is -0.136. The number of hydrogen-bond acceptors (Lipinski definition) is 2. The van der Waals surface area contributed by atoms with Gasteiger partial charge in [-0.25, -0.2) is 0 Å². The van der Waals surface area contributed by atoms with E-state index in [1.54, 1.807) is 0 Å². The van der Waals surface area contributed by atoms with Crippen LogP contribution in [-0.2, 0) is 9.59 Å². The standard InChI is InChI=1S/C13H22N2O2/c1-9(2)12-13(17)15(8-7-11(16)14-12)10-5-3-4-6-10/h9-10,12H,3-8H2,1-2H3,(H,14,16). The van der Waals surface area contributed by atoms with Crippen LogP contribution in [0.3, 0.4) is 0 Å². The quantitative estimate of drug-likeness (QED) is 0.788. The zero-order valence-corrected chi connectivity index (χ0v) is 10.7. The van der Waals surface area contributed by atoms with Crippen LogP contribution in [0.5, 0.6) is 0 Å². The molecule has 96 valence electrons. The Morgan fingerprint density at radius 1 is 1.24 bits per heavy atom. The van der Waals surface area contributed by atoms with Crippen LogP contribution in [0.1, 0.15) is 46.0 Å². The highest BCUT2D eigenvalue weighted by molar-refractivity contribution is 5.90. The number of carbonyl (C=O) groups excluding carboxylic acids is 2. The molecule has 1 aliphatic heterocycles. The SMILES string of the molecule is CC(C)C1NC(=O)CCN(C2CCCC2)C1=O. The summed E-state index contributed by atoms with van der Waals surface area (Å²) in [7, 11) is 0. The summed E-state index contributed by atoms with van der Waals surface area (Å²) in [4.78, 5) is 26.0. The minimum Gasteiger partial charge on any atom is -0.344 e. The Morgan fingerprint density at radius 2 is 1.88 bits per heavy atom. The van der Waals surface area contributed by atoms with Crippen molar-refractivity contribution >= 4 is 11.8 Å². The van der Waals surface area contributed by atoms with E-state index in [0.717, 1.165) is 12.8 Å². The van der Waals surface area contributed by atoms with Crippen LogP contribution >= 0.6 is 0 Å². The average molecular weight is 238 g/mol. The molecule has 1 N–H and O–H groups in total. The summed E-state index contributed by atoms with van der Waals surface area (Å²) >= 11 is 0. The van der Waals surface area contributed by atoms with E-state index in [4.69, 9.17) is 0 Å². The summed E-state index contributed by atoms with van der Waals surface area (Å²) in [6.45, 7) is 4.57. The first-order valence-corrected chi connectivity index (χ1v) is 6.69. The second-order valence-corrected chi connectivity index (χ2v) is 5.51. The maximum Gasteiger partial charge on any atom is 0.245 e. The normalized spacial score (nSPS) is 27.5. The molecule has 4 heteroatoms. The molecule has 0 bridgehead atoms. The highest BCUT2D eigenvalue weighted by atomic mass is 16.2. The first-order valence-electron chi connectivity index (χ1n) is 6.69. The lowest BCUT2D eigenvalue weighted by Crippen LogP contribution is -2.50. The first-order chi connectivity index (χ1) is 8.09. The summed E-state index contributed by atoms with van der Waals surface area (Å²) in [5, 5.41) is 2.85. The zero-order valence-electron chi connectivity index (χ0n) is 10.7. The largest absolute Gasteiger partial charge is 0.344 e. The van der Waals surface area contributed by atoms with Crippen molar-refractivity contribution in [2.24, 2.45) is 5.92 Å². The van der Waals surface area contributed by atoms with E-state index in [9.17, 15) is 9.59 Å². The topological polar surface area (TPSA) is 49.4 Å². The molecule has 0 spiro atoms. The number of nitrogens with zero attached hydrogens (tertiary/aromatic N) is 1. The molecule has 2 amide bonds. The van der Waals surface area contributed by atoms with E-state index >= 15 is 0 Å². The highest BCUT2D eigenvalue weighted by Crippen LogP contribution is 2.25. The van der Waals surface area contributed by atoms with Crippen molar-refractivity contribution in [2.45, 2.75) is 58.0 Å². The second kappa shape index (κ2) is 5.07. The summed E-state index contributed by atoms with van der Waals surface area (Å²) in [6, 6.07) is 0.0436. The van der Waals surface area contributed by atoms with Gasteiger partial charge < -0.3 is 10.2 Å². The molecule has 17 heavy (non-hydrogen) atoms. The molecular formula is C13H22N2O2. The molecule has 1 aliphatic carbocycles. The summed E-state index contributed by atoms with van der Waals surface area (Å²) < 4.78 is 0. The predicted molar refractivity (Wildman–Crippen MR) is 65.4 cm³/mol. The van der Waals surface area contributed by atoms with Crippen molar-refractivity contribution in [1.29, 1.82) is 0 Å². The van der Waals surface area contributed by atoms with Gasteiger partial charge in [0.2, 0.25) is 11.8 Å². The van der Waals surface area contributed by atoms with Gasteiger partial charge in [-0.15, -0.1) is 0 Å². The van der Waals surface area contributed by atoms with Gasteiger partial charge in [-0.2, -0.15) is 0 Å². The lowest BCUT2D eigenvalue weighted by atomic mass is 10.0. The van der Waals surface area contributed by atoms with Crippen molar-refractivity contribution in [3.63, 3.8) is 0 Å². The predicted octanol–water partition coefficient (Wildman–Crippen LogP) is 1.30. The number of amides is 2. The zero-order chi connectivity index (χ0) is 12.4. The lowest BCUT2D eigenvalue weighted by Gasteiger charge is -2.30. The summed E-state index contributed by atoms with van der Waals surface area (Å²) in [5.41, 5.74) is 0. The Morgan fingerprint density at radius 3 is 2.47 bits per heavy atom. The van der Waals surface area contributed by atoms with E-state index in [-0.39, 0.29) is 23.8 Å². The maximum absolute atomic E-state index is 12.4. The molecule has 2 rings (SSSR count). The second-order valence-electron chi connectivity index (χ2n) is 5.51. The smallest absolute Gasteiger partial charge is 0.245 e. The first kappa shape index (κ1) is 12.4. The number of nitrogens with one attached hydrogen (secondary N) is 1. The highest BCUT2D eigenvalue weighted by Gasteiger charge is 2.36. The molecule has 4 nitrogen and oxygen atoms in total. The van der Waals surface area contributed by atoms with Gasteiger partial charge >= 0.3 is 0 Å². The third-order valence-electron chi connectivity index (χ3n) is 3.88. The van der Waals surface area contributed by atoms with Gasteiger partial charge in [-0.3, -0.25) is 9.59 Å². The molecule has 0 aromatic heterocycles. The van der Waals surface area contributed by atoms with E-state index in [0.29, 0.717) is 19.0 Å². The Kier molecular flexibility index (Phi) is 3.69. The van der Waals surface area contributed by atoms with Crippen LogP contribution in [0.4, 0.5) is 0 Å². The fraction of sp³-hybridized carbons (Fsp3) is 0.846. The molecule has 2 fully saturated rings. The molecule has 0 aromatic carbocycles. The summed E-state index contributed by atoms with van der Waals surface area (Å²) in [6.07, 6.45) is 5.07. The van der Waals surface area contributed by atoms with E-state index in [1.165, 1.54) is 12.8 Å². The van der Waals surface area contributed by atoms with Gasteiger partial charge in [-0.1, -0.05) is 26.7 Å². The Bertz CT molecular complexity index is 309. The molecule has 1 atom stereocenters. The van der Waals surface area contributed by atoms with E-state index in [2.05, 4.69) is 5.32 Å². The third-order valence-corrected chi connectivity index (χ3v) is 3.88. The van der Waals surface area contributed by atoms with Crippen LogP contribution in [0.15, 0.2) is 0 Å². The van der Waals surface area contributed by atoms with Crippen LogP contribution in [0.25, 0.3) is 0 Å². The molecule has 0 radical (unpaired) electrons. The molecular weight excluding hydrogens is 216 g/mol. The fourth-order valence-corrected chi connectivity index (χ4v) is 2.85. The third kappa shape index (κ3) is 2.61. The average Bonchev–Trinajstić information content (AvgIpc) is 2.74. The molecule has 0 aromatic rings. The van der Waals surface area contributed by atoms with Gasteiger partial charge in [0.05, 0.1) is 0 Å². The van der Waals surface area contributed by atoms with Crippen LogP contribution < -0.4 is 5.32 Å². The minimum absolute atomic E-state index is 0.0116. The number of hydrogen-bond donors (Lipinski definition) is 1. The Balaban J connectivity index is 2.14. The van der Waals surface area contributed by atoms with Crippen molar-refractivity contribution < 1.29 is 9.59 Å². The van der Waals surface area contributed by atoms with Gasteiger partial charge in [0, 0.05) is 19.0 Å². The van der Waals surface area contributed by atoms with E-state index < -0.39 is 0 Å². The van der Waals surface area contributed by atoms with Crippen LogP contribution in [-0.4, -0.2) is 35.3 Å². The Hall–Kier alpha value is -1.06. The molecule has 1 heterocycles. The summed E-state index contributed by atoms with van der Waals surface area (Å²) in [5.74, 6) is 0.295.